The average Bonchev–Trinajstić information content (AvgIpc) is 2.55. The minimum Gasteiger partial charge on any atom is -0.492 e. The topological polar surface area (TPSA) is 47.6 Å². The molecule has 21 heavy (non-hydrogen) atoms. The maximum absolute atomic E-state index is 12.6. The third-order valence-electron chi connectivity index (χ3n) is 4.34. The molecule has 0 saturated carbocycles. The highest BCUT2D eigenvalue weighted by Crippen LogP contribution is 2.28. The van der Waals surface area contributed by atoms with Gasteiger partial charge in [0, 0.05) is 18.5 Å². The zero-order valence-electron chi connectivity index (χ0n) is 11.9. The molecule has 0 radical (unpaired) electrons. The van der Waals surface area contributed by atoms with E-state index < -0.39 is 0 Å². The van der Waals surface area contributed by atoms with Crippen molar-refractivity contribution in [3.8, 4) is 5.75 Å². The zero-order valence-corrected chi connectivity index (χ0v) is 13.5. The SMILES string of the molecule is O=C(NC1(CBr)CCOCC1)C1COc2ccccc2C1. The number of nitrogens with one attached hydrogen (secondary N) is 1. The normalized spacial score (nSPS) is 23.8. The quantitative estimate of drug-likeness (QED) is 0.848. The molecule has 1 atom stereocenters. The first-order valence-corrected chi connectivity index (χ1v) is 8.51. The Morgan fingerprint density at radius 3 is 2.86 bits per heavy atom. The molecule has 1 unspecified atom stereocenters. The van der Waals surface area contributed by atoms with E-state index in [1.165, 1.54) is 0 Å². The number of benzene rings is 1. The van der Waals surface area contributed by atoms with E-state index in [1.807, 2.05) is 24.3 Å². The van der Waals surface area contributed by atoms with Gasteiger partial charge in [0.2, 0.25) is 5.91 Å². The highest BCUT2D eigenvalue weighted by molar-refractivity contribution is 9.09. The predicted molar refractivity (Wildman–Crippen MR) is 83.9 cm³/mol. The summed E-state index contributed by atoms with van der Waals surface area (Å²) in [4.78, 5) is 12.6. The van der Waals surface area contributed by atoms with Crippen molar-refractivity contribution in [2.75, 3.05) is 25.2 Å². The highest BCUT2D eigenvalue weighted by atomic mass is 79.9. The molecule has 0 spiro atoms. The maximum Gasteiger partial charge on any atom is 0.227 e. The summed E-state index contributed by atoms with van der Waals surface area (Å²) in [6, 6.07) is 7.94. The van der Waals surface area contributed by atoms with Crippen LogP contribution in [0.5, 0.6) is 5.75 Å². The smallest absolute Gasteiger partial charge is 0.227 e. The molecule has 4 nitrogen and oxygen atoms in total. The third kappa shape index (κ3) is 3.24. The fourth-order valence-electron chi connectivity index (χ4n) is 2.91. The number of fused-ring (bicyclic) bond motifs is 1. The summed E-state index contributed by atoms with van der Waals surface area (Å²) in [6.07, 6.45) is 2.46. The van der Waals surface area contributed by atoms with E-state index in [-0.39, 0.29) is 17.4 Å². The van der Waals surface area contributed by atoms with Gasteiger partial charge in [-0.05, 0) is 30.9 Å². The van der Waals surface area contributed by atoms with Gasteiger partial charge in [0.25, 0.3) is 0 Å². The second kappa shape index (κ2) is 6.36. The number of alkyl halides is 1. The number of rotatable bonds is 3. The number of halogens is 1. The van der Waals surface area contributed by atoms with Crippen molar-refractivity contribution in [1.82, 2.24) is 5.32 Å². The van der Waals surface area contributed by atoms with Gasteiger partial charge >= 0.3 is 0 Å². The summed E-state index contributed by atoms with van der Waals surface area (Å²) in [7, 11) is 0. The number of para-hydroxylation sites is 1. The number of hydrogen-bond donors (Lipinski definition) is 1. The van der Waals surface area contributed by atoms with Crippen molar-refractivity contribution in [3.05, 3.63) is 29.8 Å². The Labute approximate surface area is 133 Å². The minimum absolute atomic E-state index is 0.0888. The summed E-state index contributed by atoms with van der Waals surface area (Å²) in [6.45, 7) is 1.86. The van der Waals surface area contributed by atoms with Crippen LogP contribution >= 0.6 is 15.9 Å². The Bertz CT molecular complexity index is 514. The first-order valence-electron chi connectivity index (χ1n) is 7.39. The number of hydrogen-bond acceptors (Lipinski definition) is 3. The van der Waals surface area contributed by atoms with Crippen LogP contribution in [-0.4, -0.2) is 36.6 Å². The first-order chi connectivity index (χ1) is 10.2. The molecular weight excluding hydrogens is 334 g/mol. The summed E-state index contributed by atoms with van der Waals surface area (Å²) >= 11 is 3.54. The molecule has 2 aliphatic heterocycles. The van der Waals surface area contributed by atoms with Gasteiger partial charge in [-0.25, -0.2) is 0 Å². The molecule has 1 N–H and O–H groups in total. The standard InChI is InChI=1S/C16H20BrNO3/c17-11-16(5-7-20-8-6-16)18-15(19)13-9-12-3-1-2-4-14(12)21-10-13/h1-4,13H,5-11H2,(H,18,19). The molecular formula is C16H20BrNO3. The van der Waals surface area contributed by atoms with Crippen LogP contribution in [-0.2, 0) is 16.0 Å². The third-order valence-corrected chi connectivity index (χ3v) is 5.42. The second-order valence-corrected chi connectivity index (χ2v) is 6.40. The van der Waals surface area contributed by atoms with Crippen molar-refractivity contribution in [2.45, 2.75) is 24.8 Å². The zero-order chi connectivity index (χ0) is 14.7. The lowest BCUT2D eigenvalue weighted by Gasteiger charge is -2.38. The Balaban J connectivity index is 1.66. The molecule has 0 bridgehead atoms. The molecule has 2 heterocycles. The van der Waals surface area contributed by atoms with Crippen molar-refractivity contribution < 1.29 is 14.3 Å². The molecule has 1 aromatic carbocycles. The summed E-state index contributed by atoms with van der Waals surface area (Å²) in [5, 5.41) is 4.00. The number of carbonyl (C=O) groups excluding carboxylic acids is 1. The molecule has 0 aromatic heterocycles. The van der Waals surface area contributed by atoms with Crippen LogP contribution in [0, 0.1) is 5.92 Å². The summed E-state index contributed by atoms with van der Waals surface area (Å²) in [5.74, 6) is 0.882. The van der Waals surface area contributed by atoms with Gasteiger partial charge in [-0.1, -0.05) is 34.1 Å². The van der Waals surface area contributed by atoms with E-state index in [0.29, 0.717) is 19.8 Å². The summed E-state index contributed by atoms with van der Waals surface area (Å²) < 4.78 is 11.1. The molecule has 1 fully saturated rings. The first kappa shape index (κ1) is 14.9. The number of amides is 1. The van der Waals surface area contributed by atoms with Gasteiger partial charge < -0.3 is 14.8 Å². The Morgan fingerprint density at radius 1 is 1.33 bits per heavy atom. The molecule has 1 saturated heterocycles. The van der Waals surface area contributed by atoms with Crippen molar-refractivity contribution in [2.24, 2.45) is 5.92 Å². The van der Waals surface area contributed by atoms with Crippen LogP contribution < -0.4 is 10.1 Å². The average molecular weight is 354 g/mol. The van der Waals surface area contributed by atoms with Crippen LogP contribution in [0.1, 0.15) is 18.4 Å². The van der Waals surface area contributed by atoms with E-state index in [1.54, 1.807) is 0 Å². The Kier molecular flexibility index (Phi) is 4.50. The fourth-order valence-corrected chi connectivity index (χ4v) is 3.61. The molecule has 1 amide bonds. The van der Waals surface area contributed by atoms with Crippen LogP contribution in [0.4, 0.5) is 0 Å². The van der Waals surface area contributed by atoms with Crippen LogP contribution in [0.25, 0.3) is 0 Å². The lowest BCUT2D eigenvalue weighted by Crippen LogP contribution is -2.55. The van der Waals surface area contributed by atoms with Gasteiger partial charge in [-0.15, -0.1) is 0 Å². The molecule has 114 valence electrons. The Morgan fingerprint density at radius 2 is 2.10 bits per heavy atom. The van der Waals surface area contributed by atoms with Gasteiger partial charge in [-0.2, -0.15) is 0 Å². The monoisotopic (exact) mass is 353 g/mol. The number of ether oxygens (including phenoxy) is 2. The van der Waals surface area contributed by atoms with Crippen molar-refractivity contribution >= 4 is 21.8 Å². The van der Waals surface area contributed by atoms with Crippen molar-refractivity contribution in [1.29, 1.82) is 0 Å². The summed E-state index contributed by atoms with van der Waals surface area (Å²) in [5.41, 5.74) is 0.940. The Hall–Kier alpha value is -1.07. The fraction of sp³-hybridized carbons (Fsp3) is 0.562. The second-order valence-electron chi connectivity index (χ2n) is 5.84. The van der Waals surface area contributed by atoms with Crippen LogP contribution in [0.3, 0.4) is 0 Å². The van der Waals surface area contributed by atoms with Gasteiger partial charge in [0.05, 0.1) is 11.5 Å². The highest BCUT2D eigenvalue weighted by Gasteiger charge is 2.36. The van der Waals surface area contributed by atoms with E-state index in [2.05, 4.69) is 21.2 Å². The predicted octanol–water partition coefficient (Wildman–Crippen LogP) is 2.30. The van der Waals surface area contributed by atoms with Gasteiger partial charge in [0.1, 0.15) is 12.4 Å². The van der Waals surface area contributed by atoms with Crippen LogP contribution in [0.2, 0.25) is 0 Å². The number of carbonyl (C=O) groups is 1. The lowest BCUT2D eigenvalue weighted by atomic mass is 9.90. The molecule has 1 aromatic rings. The molecule has 2 aliphatic rings. The van der Waals surface area contributed by atoms with Gasteiger partial charge in [-0.3, -0.25) is 4.79 Å². The van der Waals surface area contributed by atoms with Crippen molar-refractivity contribution in [3.63, 3.8) is 0 Å². The van der Waals surface area contributed by atoms with E-state index in [0.717, 1.165) is 35.9 Å². The molecule has 5 heteroatoms. The van der Waals surface area contributed by atoms with Crippen LogP contribution in [0.15, 0.2) is 24.3 Å². The van der Waals surface area contributed by atoms with Gasteiger partial charge in [0.15, 0.2) is 0 Å². The van der Waals surface area contributed by atoms with E-state index >= 15 is 0 Å². The minimum atomic E-state index is -0.174. The molecule has 3 rings (SSSR count). The maximum atomic E-state index is 12.6. The largest absolute Gasteiger partial charge is 0.492 e. The van der Waals surface area contributed by atoms with E-state index in [9.17, 15) is 4.79 Å². The molecule has 0 aliphatic carbocycles. The lowest BCUT2D eigenvalue weighted by molar-refractivity contribution is -0.129. The van der Waals surface area contributed by atoms with E-state index in [4.69, 9.17) is 9.47 Å².